The molecule has 0 atom stereocenters. The Morgan fingerprint density at radius 2 is 1.75 bits per heavy atom. The summed E-state index contributed by atoms with van der Waals surface area (Å²) in [6.45, 7) is 7.20. The van der Waals surface area contributed by atoms with Crippen LogP contribution >= 0.6 is 0 Å². The van der Waals surface area contributed by atoms with Crippen molar-refractivity contribution < 1.29 is 13.2 Å². The summed E-state index contributed by atoms with van der Waals surface area (Å²) < 4.78 is 26.9. The van der Waals surface area contributed by atoms with Crippen LogP contribution in [0.2, 0.25) is 0 Å². The Balaban J connectivity index is 1.72. The van der Waals surface area contributed by atoms with Gasteiger partial charge in [0.2, 0.25) is 10.0 Å². The van der Waals surface area contributed by atoms with E-state index in [9.17, 15) is 13.2 Å². The Kier molecular flexibility index (Phi) is 6.12. The van der Waals surface area contributed by atoms with E-state index in [2.05, 4.69) is 14.6 Å². The second kappa shape index (κ2) is 8.38. The number of benzene rings is 1. The summed E-state index contributed by atoms with van der Waals surface area (Å²) >= 11 is 0. The molecule has 1 fully saturated rings. The summed E-state index contributed by atoms with van der Waals surface area (Å²) in [6, 6.07) is 7.25. The molecule has 150 valence electrons. The zero-order valence-electron chi connectivity index (χ0n) is 16.5. The molecule has 1 aliphatic rings. The quantitative estimate of drug-likeness (QED) is 0.821. The van der Waals surface area contributed by atoms with Crippen LogP contribution in [0.25, 0.3) is 0 Å². The van der Waals surface area contributed by atoms with Crippen molar-refractivity contribution in [2.75, 3.05) is 33.2 Å². The molecule has 1 aromatic heterocycles. The van der Waals surface area contributed by atoms with Gasteiger partial charge in [-0.2, -0.15) is 0 Å². The smallest absolute Gasteiger partial charge is 0.253 e. The van der Waals surface area contributed by atoms with Gasteiger partial charge in [-0.1, -0.05) is 0 Å². The minimum Gasteiger partial charge on any atom is -0.336 e. The Morgan fingerprint density at radius 3 is 2.36 bits per heavy atom. The molecule has 7 nitrogen and oxygen atoms in total. The average molecular weight is 403 g/mol. The third-order valence-corrected chi connectivity index (χ3v) is 6.78. The van der Waals surface area contributed by atoms with E-state index in [-0.39, 0.29) is 10.8 Å². The van der Waals surface area contributed by atoms with Crippen molar-refractivity contribution in [1.29, 1.82) is 0 Å². The van der Waals surface area contributed by atoms with E-state index in [4.69, 9.17) is 0 Å². The Hall–Kier alpha value is -2.29. The van der Waals surface area contributed by atoms with Crippen molar-refractivity contribution in [2.45, 2.75) is 25.3 Å². The highest BCUT2D eigenvalue weighted by Crippen LogP contribution is 2.22. The summed E-state index contributed by atoms with van der Waals surface area (Å²) in [4.78, 5) is 21.3. The topological polar surface area (TPSA) is 82.6 Å². The Labute approximate surface area is 166 Å². The molecule has 3 rings (SSSR count). The Morgan fingerprint density at radius 1 is 1.11 bits per heavy atom. The van der Waals surface area contributed by atoms with Crippen molar-refractivity contribution in [3.63, 3.8) is 0 Å². The van der Waals surface area contributed by atoms with E-state index in [0.29, 0.717) is 24.2 Å². The lowest BCUT2D eigenvalue weighted by Crippen LogP contribution is -2.48. The lowest BCUT2D eigenvalue weighted by molar-refractivity contribution is 0.0628. The lowest BCUT2D eigenvalue weighted by atomic mass is 10.0. The van der Waals surface area contributed by atoms with Crippen LogP contribution in [0.4, 0.5) is 0 Å². The molecule has 28 heavy (non-hydrogen) atoms. The van der Waals surface area contributed by atoms with E-state index in [0.717, 1.165) is 25.2 Å². The summed E-state index contributed by atoms with van der Waals surface area (Å²) in [5.41, 5.74) is 3.06. The van der Waals surface area contributed by atoms with Crippen LogP contribution in [0.5, 0.6) is 0 Å². The highest BCUT2D eigenvalue weighted by Gasteiger charge is 2.25. The second-order valence-electron chi connectivity index (χ2n) is 7.05. The number of aromatic nitrogens is 1. The minimum absolute atomic E-state index is 0.126. The molecular weight excluding hydrogens is 376 g/mol. The van der Waals surface area contributed by atoms with E-state index in [1.165, 1.54) is 18.7 Å². The number of hydrogen-bond donors (Lipinski definition) is 1. The van der Waals surface area contributed by atoms with Gasteiger partial charge >= 0.3 is 0 Å². The van der Waals surface area contributed by atoms with E-state index < -0.39 is 10.0 Å². The normalized spacial score (nSPS) is 15.6. The molecule has 2 heterocycles. The monoisotopic (exact) mass is 402 g/mol. The minimum atomic E-state index is -3.62. The number of aryl methyl sites for hydroxylation is 1. The van der Waals surface area contributed by atoms with Crippen molar-refractivity contribution in [3.05, 3.63) is 58.9 Å². The molecule has 0 bridgehead atoms. The zero-order chi connectivity index (χ0) is 20.3. The molecule has 1 aliphatic heterocycles. The number of amides is 1. The molecule has 8 heteroatoms. The summed E-state index contributed by atoms with van der Waals surface area (Å²) in [7, 11) is -2.24. The standard InChI is InChI=1S/C20H26N4O3S/c1-15-12-18(13-19(16(15)2)28(26,27)21-3)20(25)24-10-8-23(9-11-24)14-17-4-6-22-7-5-17/h4-7,12-13,21H,8-11,14H2,1-3H3. The maximum atomic E-state index is 13.0. The number of nitrogens with zero attached hydrogens (tertiary/aromatic N) is 3. The van der Waals surface area contributed by atoms with Crippen LogP contribution in [0.1, 0.15) is 27.0 Å². The molecule has 0 saturated carbocycles. The number of hydrogen-bond acceptors (Lipinski definition) is 5. The van der Waals surface area contributed by atoms with Gasteiger partial charge in [-0.05, 0) is 61.9 Å². The molecular formula is C20H26N4O3S. The van der Waals surface area contributed by atoms with Gasteiger partial charge in [0.1, 0.15) is 0 Å². The number of carbonyl (C=O) groups is 1. The molecule has 1 amide bonds. The molecule has 0 spiro atoms. The van der Waals surface area contributed by atoms with Crippen molar-refractivity contribution in [2.24, 2.45) is 0 Å². The fraction of sp³-hybridized carbons (Fsp3) is 0.400. The van der Waals surface area contributed by atoms with Gasteiger partial charge in [0.05, 0.1) is 4.90 Å². The van der Waals surface area contributed by atoms with Gasteiger partial charge in [0, 0.05) is 50.7 Å². The summed E-state index contributed by atoms with van der Waals surface area (Å²) in [5, 5.41) is 0. The van der Waals surface area contributed by atoms with Gasteiger partial charge in [0.25, 0.3) is 5.91 Å². The first-order valence-electron chi connectivity index (χ1n) is 9.27. The number of rotatable bonds is 5. The molecule has 0 unspecified atom stereocenters. The predicted molar refractivity (Wildman–Crippen MR) is 108 cm³/mol. The first-order valence-corrected chi connectivity index (χ1v) is 10.8. The number of carbonyl (C=O) groups excluding carboxylic acids is 1. The highest BCUT2D eigenvalue weighted by molar-refractivity contribution is 7.89. The second-order valence-corrected chi connectivity index (χ2v) is 8.90. The average Bonchev–Trinajstić information content (AvgIpc) is 2.70. The van der Waals surface area contributed by atoms with Crippen molar-refractivity contribution >= 4 is 15.9 Å². The van der Waals surface area contributed by atoms with Crippen LogP contribution in [0, 0.1) is 13.8 Å². The number of sulfonamides is 1. The lowest BCUT2D eigenvalue weighted by Gasteiger charge is -2.35. The van der Waals surface area contributed by atoms with E-state index in [1.54, 1.807) is 30.3 Å². The number of nitrogens with one attached hydrogen (secondary N) is 1. The van der Waals surface area contributed by atoms with Crippen molar-refractivity contribution in [1.82, 2.24) is 19.5 Å². The van der Waals surface area contributed by atoms with Crippen LogP contribution < -0.4 is 4.72 Å². The maximum absolute atomic E-state index is 13.0. The fourth-order valence-electron chi connectivity index (χ4n) is 3.38. The van der Waals surface area contributed by atoms with Crippen molar-refractivity contribution in [3.8, 4) is 0 Å². The molecule has 1 N–H and O–H groups in total. The zero-order valence-corrected chi connectivity index (χ0v) is 17.3. The SMILES string of the molecule is CNS(=O)(=O)c1cc(C(=O)N2CCN(Cc3ccncc3)CC2)cc(C)c1C. The molecule has 1 saturated heterocycles. The van der Waals surface area contributed by atoms with Crippen LogP contribution in [0.3, 0.4) is 0 Å². The number of piperazine rings is 1. The third kappa shape index (κ3) is 4.40. The molecule has 0 aliphatic carbocycles. The first kappa shape index (κ1) is 20.4. The summed E-state index contributed by atoms with van der Waals surface area (Å²) in [5.74, 6) is -0.126. The molecule has 1 aromatic carbocycles. The van der Waals surface area contributed by atoms with E-state index >= 15 is 0 Å². The number of pyridine rings is 1. The van der Waals surface area contributed by atoms with Gasteiger partial charge in [-0.25, -0.2) is 13.1 Å². The van der Waals surface area contributed by atoms with Gasteiger partial charge in [0.15, 0.2) is 0 Å². The molecule has 0 radical (unpaired) electrons. The van der Waals surface area contributed by atoms with Crippen LogP contribution in [-0.4, -0.2) is 62.3 Å². The van der Waals surface area contributed by atoms with Crippen LogP contribution in [-0.2, 0) is 16.6 Å². The van der Waals surface area contributed by atoms with Crippen LogP contribution in [0.15, 0.2) is 41.6 Å². The predicted octanol–water partition coefficient (Wildman–Crippen LogP) is 1.56. The largest absolute Gasteiger partial charge is 0.336 e. The maximum Gasteiger partial charge on any atom is 0.253 e. The van der Waals surface area contributed by atoms with Gasteiger partial charge in [-0.15, -0.1) is 0 Å². The summed E-state index contributed by atoms with van der Waals surface area (Å²) in [6.07, 6.45) is 3.57. The molecule has 2 aromatic rings. The highest BCUT2D eigenvalue weighted by atomic mass is 32.2. The third-order valence-electron chi connectivity index (χ3n) is 5.24. The Bertz CT molecular complexity index is 953. The van der Waals surface area contributed by atoms with Gasteiger partial charge in [-0.3, -0.25) is 14.7 Å². The van der Waals surface area contributed by atoms with E-state index in [1.807, 2.05) is 19.1 Å². The fourth-order valence-corrected chi connectivity index (χ4v) is 4.44. The van der Waals surface area contributed by atoms with Gasteiger partial charge < -0.3 is 4.90 Å². The first-order chi connectivity index (χ1) is 13.3.